The molecular weight excluding hydrogens is 242 g/mol. The van der Waals surface area contributed by atoms with Gasteiger partial charge in [0.2, 0.25) is 0 Å². The van der Waals surface area contributed by atoms with Crippen molar-refractivity contribution >= 4 is 5.91 Å². The summed E-state index contributed by atoms with van der Waals surface area (Å²) in [7, 11) is 0. The Bertz CT molecular complexity index is 478. The molecule has 1 aliphatic heterocycles. The molecule has 0 spiro atoms. The van der Waals surface area contributed by atoms with Crippen molar-refractivity contribution in [1.82, 2.24) is 5.32 Å². The second kappa shape index (κ2) is 6.93. The summed E-state index contributed by atoms with van der Waals surface area (Å²) in [5.41, 5.74) is 1.47. The molecule has 1 aromatic rings. The fourth-order valence-corrected chi connectivity index (χ4v) is 1.84. The van der Waals surface area contributed by atoms with Gasteiger partial charge in [0, 0.05) is 24.2 Å². The second-order valence-corrected chi connectivity index (χ2v) is 4.39. The van der Waals surface area contributed by atoms with Crippen LogP contribution in [0.5, 0.6) is 0 Å². The zero-order valence-corrected chi connectivity index (χ0v) is 10.7. The molecule has 2 rings (SSSR count). The molecule has 4 nitrogen and oxygen atoms in total. The SMILES string of the molecule is O=C(NC1CCOC1)c1ccc(C#CCCO)cc1. The number of nitrogens with one attached hydrogen (secondary N) is 1. The van der Waals surface area contributed by atoms with Crippen LogP contribution < -0.4 is 5.32 Å². The summed E-state index contributed by atoms with van der Waals surface area (Å²) in [5.74, 6) is 5.69. The maximum absolute atomic E-state index is 11.9. The standard InChI is InChI=1S/C15H17NO3/c17-9-2-1-3-12-4-6-13(7-5-12)15(18)16-14-8-10-19-11-14/h4-7,14,17H,2,8-11H2,(H,16,18). The van der Waals surface area contributed by atoms with Crippen LogP contribution in [-0.4, -0.2) is 36.9 Å². The highest BCUT2D eigenvalue weighted by Gasteiger charge is 2.18. The third-order valence-corrected chi connectivity index (χ3v) is 2.88. The lowest BCUT2D eigenvalue weighted by molar-refractivity contribution is 0.0930. The number of ether oxygens (including phenoxy) is 1. The van der Waals surface area contributed by atoms with Gasteiger partial charge < -0.3 is 15.2 Å². The minimum absolute atomic E-state index is 0.0664. The van der Waals surface area contributed by atoms with Gasteiger partial charge in [-0.1, -0.05) is 11.8 Å². The summed E-state index contributed by atoms with van der Waals surface area (Å²) in [6, 6.07) is 7.26. The third kappa shape index (κ3) is 4.09. The average molecular weight is 259 g/mol. The van der Waals surface area contributed by atoms with Crippen LogP contribution in [0, 0.1) is 11.8 Å². The van der Waals surface area contributed by atoms with Crippen molar-refractivity contribution in [2.45, 2.75) is 18.9 Å². The zero-order chi connectivity index (χ0) is 13.5. The number of amides is 1. The molecule has 1 aliphatic rings. The molecule has 2 N–H and O–H groups in total. The van der Waals surface area contributed by atoms with E-state index in [1.165, 1.54) is 0 Å². The van der Waals surface area contributed by atoms with E-state index in [4.69, 9.17) is 9.84 Å². The molecule has 0 radical (unpaired) electrons. The van der Waals surface area contributed by atoms with Crippen molar-refractivity contribution in [2.75, 3.05) is 19.8 Å². The molecule has 1 fully saturated rings. The van der Waals surface area contributed by atoms with Crippen molar-refractivity contribution in [3.8, 4) is 11.8 Å². The highest BCUT2D eigenvalue weighted by Crippen LogP contribution is 2.07. The van der Waals surface area contributed by atoms with E-state index in [1.54, 1.807) is 12.1 Å². The Morgan fingerprint density at radius 1 is 1.42 bits per heavy atom. The van der Waals surface area contributed by atoms with Gasteiger partial charge in [0.1, 0.15) is 0 Å². The number of carbonyl (C=O) groups is 1. The predicted octanol–water partition coefficient (Wildman–Crippen LogP) is 0.939. The summed E-state index contributed by atoms with van der Waals surface area (Å²) in [6.45, 7) is 1.37. The van der Waals surface area contributed by atoms with Crippen molar-refractivity contribution in [1.29, 1.82) is 0 Å². The van der Waals surface area contributed by atoms with Crippen molar-refractivity contribution in [3.05, 3.63) is 35.4 Å². The number of hydrogen-bond acceptors (Lipinski definition) is 3. The first-order valence-electron chi connectivity index (χ1n) is 6.38. The monoisotopic (exact) mass is 259 g/mol. The highest BCUT2D eigenvalue weighted by molar-refractivity contribution is 5.94. The number of hydrogen-bond donors (Lipinski definition) is 2. The number of aliphatic hydroxyl groups is 1. The Morgan fingerprint density at radius 3 is 2.84 bits per heavy atom. The Morgan fingerprint density at radius 2 is 2.21 bits per heavy atom. The normalized spacial score (nSPS) is 17.6. The van der Waals surface area contributed by atoms with Gasteiger partial charge in [-0.2, -0.15) is 0 Å². The highest BCUT2D eigenvalue weighted by atomic mass is 16.5. The topological polar surface area (TPSA) is 58.6 Å². The maximum atomic E-state index is 11.9. The Hall–Kier alpha value is -1.83. The molecule has 1 aromatic carbocycles. The first kappa shape index (κ1) is 13.6. The van der Waals surface area contributed by atoms with Crippen LogP contribution >= 0.6 is 0 Å². The molecule has 0 bridgehead atoms. The summed E-state index contributed by atoms with van der Waals surface area (Å²) in [5, 5.41) is 11.6. The molecule has 19 heavy (non-hydrogen) atoms. The predicted molar refractivity (Wildman–Crippen MR) is 71.7 cm³/mol. The Labute approximate surface area is 112 Å². The lowest BCUT2D eigenvalue weighted by Crippen LogP contribution is -2.34. The van der Waals surface area contributed by atoms with Crippen LogP contribution in [0.1, 0.15) is 28.8 Å². The van der Waals surface area contributed by atoms with Crippen LogP contribution in [0.3, 0.4) is 0 Å². The van der Waals surface area contributed by atoms with Crippen molar-refractivity contribution < 1.29 is 14.6 Å². The number of rotatable bonds is 3. The molecular formula is C15H17NO3. The Kier molecular flexibility index (Phi) is 4.96. The smallest absolute Gasteiger partial charge is 0.251 e. The summed E-state index contributed by atoms with van der Waals surface area (Å²) in [4.78, 5) is 11.9. The fraction of sp³-hybridized carbons (Fsp3) is 0.400. The lowest BCUT2D eigenvalue weighted by Gasteiger charge is -2.10. The van der Waals surface area contributed by atoms with Gasteiger partial charge in [-0.15, -0.1) is 0 Å². The quantitative estimate of drug-likeness (QED) is 0.794. The molecule has 4 heteroatoms. The summed E-state index contributed by atoms with van der Waals surface area (Å²) in [6.07, 6.45) is 1.33. The van der Waals surface area contributed by atoms with Gasteiger partial charge in [-0.25, -0.2) is 0 Å². The van der Waals surface area contributed by atoms with Crippen LogP contribution in [0.4, 0.5) is 0 Å². The molecule has 1 amide bonds. The van der Waals surface area contributed by atoms with E-state index < -0.39 is 0 Å². The summed E-state index contributed by atoms with van der Waals surface area (Å²) >= 11 is 0. The van der Waals surface area contributed by atoms with E-state index in [2.05, 4.69) is 17.2 Å². The fourth-order valence-electron chi connectivity index (χ4n) is 1.84. The minimum Gasteiger partial charge on any atom is -0.395 e. The maximum Gasteiger partial charge on any atom is 0.251 e. The largest absolute Gasteiger partial charge is 0.395 e. The van der Waals surface area contributed by atoms with Crippen LogP contribution in [0.25, 0.3) is 0 Å². The van der Waals surface area contributed by atoms with Gasteiger partial charge in [0.25, 0.3) is 5.91 Å². The molecule has 1 heterocycles. The number of benzene rings is 1. The van der Waals surface area contributed by atoms with Gasteiger partial charge >= 0.3 is 0 Å². The lowest BCUT2D eigenvalue weighted by atomic mass is 10.1. The van der Waals surface area contributed by atoms with Gasteiger partial charge in [0.15, 0.2) is 0 Å². The first-order chi connectivity index (χ1) is 9.29. The molecule has 0 aromatic heterocycles. The average Bonchev–Trinajstić information content (AvgIpc) is 2.93. The van der Waals surface area contributed by atoms with E-state index in [1.807, 2.05) is 12.1 Å². The molecule has 0 saturated carbocycles. The number of aliphatic hydroxyl groups excluding tert-OH is 1. The third-order valence-electron chi connectivity index (χ3n) is 2.88. The number of carbonyl (C=O) groups excluding carboxylic acids is 1. The molecule has 0 aliphatic carbocycles. The first-order valence-corrected chi connectivity index (χ1v) is 6.38. The molecule has 1 unspecified atom stereocenters. The summed E-state index contributed by atoms with van der Waals surface area (Å²) < 4.78 is 5.21. The van der Waals surface area contributed by atoms with E-state index >= 15 is 0 Å². The Balaban J connectivity index is 1.94. The zero-order valence-electron chi connectivity index (χ0n) is 10.7. The van der Waals surface area contributed by atoms with Gasteiger partial charge in [-0.3, -0.25) is 4.79 Å². The van der Waals surface area contributed by atoms with Gasteiger partial charge in [-0.05, 0) is 30.7 Å². The molecule has 1 atom stereocenters. The van der Waals surface area contributed by atoms with Crippen LogP contribution in [0.15, 0.2) is 24.3 Å². The van der Waals surface area contributed by atoms with Crippen LogP contribution in [0.2, 0.25) is 0 Å². The van der Waals surface area contributed by atoms with Crippen molar-refractivity contribution in [2.24, 2.45) is 0 Å². The molecule has 100 valence electrons. The van der Waals surface area contributed by atoms with Crippen molar-refractivity contribution in [3.63, 3.8) is 0 Å². The van der Waals surface area contributed by atoms with Crippen LogP contribution in [-0.2, 0) is 4.74 Å². The minimum atomic E-state index is -0.0784. The van der Waals surface area contributed by atoms with E-state index in [0.717, 1.165) is 12.0 Å². The molecule has 1 saturated heterocycles. The van der Waals surface area contributed by atoms with E-state index in [9.17, 15) is 4.79 Å². The van der Waals surface area contributed by atoms with E-state index in [-0.39, 0.29) is 18.6 Å². The van der Waals surface area contributed by atoms with Gasteiger partial charge in [0.05, 0.1) is 19.3 Å². The van der Waals surface area contributed by atoms with E-state index in [0.29, 0.717) is 25.2 Å². The second-order valence-electron chi connectivity index (χ2n) is 4.39.